The van der Waals surface area contributed by atoms with Crippen LogP contribution < -0.4 is 0 Å². The van der Waals surface area contributed by atoms with E-state index in [1.807, 2.05) is 0 Å². The van der Waals surface area contributed by atoms with E-state index in [0.29, 0.717) is 36.0 Å². The molecule has 0 heterocycles. The predicted molar refractivity (Wildman–Crippen MR) is 124 cm³/mol. The summed E-state index contributed by atoms with van der Waals surface area (Å²) >= 11 is 0. The monoisotopic (exact) mass is 407 g/mol. The first kappa shape index (κ1) is 14.7. The average molecular weight is 408 g/mol. The molecule has 1 nitrogen and oxygen atoms in total. The van der Waals surface area contributed by atoms with Gasteiger partial charge in [-0.25, -0.2) is 0 Å². The van der Waals surface area contributed by atoms with Gasteiger partial charge in [-0.15, -0.1) is 0 Å². The molecule has 0 bridgehead atoms. The molecule has 3 fully saturated rings. The van der Waals surface area contributed by atoms with E-state index in [2.05, 4.69) is 26.8 Å². The van der Waals surface area contributed by atoms with Crippen molar-refractivity contribution in [2.75, 3.05) is 0 Å². The van der Waals surface area contributed by atoms with Gasteiger partial charge in [0.15, 0.2) is 0 Å². The molecule has 4 aliphatic carbocycles. The summed E-state index contributed by atoms with van der Waals surface area (Å²) in [4.78, 5) is 0. The molecule has 4 rings (SSSR count). The summed E-state index contributed by atoms with van der Waals surface area (Å²) in [5.41, 5.74) is 2.02. The molecule has 0 aromatic rings. The van der Waals surface area contributed by atoms with E-state index in [4.69, 9.17) is 9.60 Å². The quantitative estimate of drug-likeness (QED) is 0.464. The molecule has 166 valence electrons. The summed E-state index contributed by atoms with van der Waals surface area (Å²) in [5.74, 6) is -0.119. The van der Waals surface area contributed by atoms with Gasteiger partial charge in [-0.2, -0.15) is 0 Å². The Bertz CT molecular complexity index is 834. The zero-order chi connectivity index (χ0) is 26.9. The molecule has 0 aromatic heterocycles. The van der Waals surface area contributed by atoms with Crippen molar-refractivity contribution in [3.8, 4) is 0 Å². The Morgan fingerprint density at radius 1 is 1.10 bits per heavy atom. The van der Waals surface area contributed by atoms with Gasteiger partial charge in [-0.3, -0.25) is 0 Å². The van der Waals surface area contributed by atoms with Crippen molar-refractivity contribution < 1.29 is 14.7 Å². The lowest BCUT2D eigenvalue weighted by molar-refractivity contribution is -0.0574. The number of aliphatic hydroxyl groups is 1. The van der Waals surface area contributed by atoms with Crippen molar-refractivity contribution in [1.82, 2.24) is 0 Å². The van der Waals surface area contributed by atoms with Gasteiger partial charge >= 0.3 is 0 Å². The SMILES string of the molecule is [2H]C([2H])([2H])C([2H])([C@@H](C)CC[C@@H](C)[C@H]1CCC2[C@@H]3CC=C4C[C@@H](O)CC[C@]4(C)C3CC[C@@]21C)C([2H])([2H])[2H]. The van der Waals surface area contributed by atoms with Gasteiger partial charge in [0.1, 0.15) is 0 Å². The topological polar surface area (TPSA) is 20.2 Å². The summed E-state index contributed by atoms with van der Waals surface area (Å²) in [6.07, 6.45) is 12.4. The fourth-order valence-corrected chi connectivity index (χ4v) is 8.48. The van der Waals surface area contributed by atoms with Gasteiger partial charge in [0.25, 0.3) is 0 Å². The van der Waals surface area contributed by atoms with E-state index in [-0.39, 0.29) is 16.9 Å². The first-order valence-corrected chi connectivity index (χ1v) is 12.3. The van der Waals surface area contributed by atoms with Crippen molar-refractivity contribution in [3.05, 3.63) is 11.6 Å². The van der Waals surface area contributed by atoms with E-state index in [1.54, 1.807) is 6.92 Å². The summed E-state index contributed by atoms with van der Waals surface area (Å²) < 4.78 is 55.5. The fourth-order valence-electron chi connectivity index (χ4n) is 8.48. The zero-order valence-electron chi connectivity index (χ0n) is 26.1. The van der Waals surface area contributed by atoms with Crippen LogP contribution in [-0.2, 0) is 0 Å². The first-order chi connectivity index (χ1) is 16.5. The molecule has 4 aliphatic rings. The molecular weight excluding hydrogens is 352 g/mol. The van der Waals surface area contributed by atoms with E-state index < -0.39 is 25.5 Å². The number of hydrogen-bond donors (Lipinski definition) is 1. The molecule has 0 radical (unpaired) electrons. The standard InChI is InChI=1S/C28H48O/c1-18(2)19(3)7-8-20(4)24-11-12-25-23-10-9-21-17-22(29)13-15-27(21,5)26(23)14-16-28(24,25)6/h9,18-20,22-26,29H,7-8,10-17H2,1-6H3/t19-,20+,22-,23-,24+,25?,26?,27-,28+/m0/s1/i1D3,2D3,18D. The first-order valence-electron chi connectivity index (χ1n) is 15.8. The zero-order valence-corrected chi connectivity index (χ0v) is 19.1. The normalized spacial score (nSPS) is 51.3. The van der Waals surface area contributed by atoms with Crippen LogP contribution in [0.25, 0.3) is 0 Å². The molecule has 0 saturated heterocycles. The lowest BCUT2D eigenvalue weighted by Crippen LogP contribution is -2.50. The number of rotatable bonds is 5. The van der Waals surface area contributed by atoms with Crippen LogP contribution in [-0.4, -0.2) is 11.2 Å². The number of fused-ring (bicyclic) bond motifs is 5. The summed E-state index contributed by atoms with van der Waals surface area (Å²) in [5, 5.41) is 10.3. The maximum atomic E-state index is 10.3. The third-order valence-electron chi connectivity index (χ3n) is 10.4. The number of allylic oxidation sites excluding steroid dienone is 1. The van der Waals surface area contributed by atoms with Crippen LogP contribution in [0.5, 0.6) is 0 Å². The maximum Gasteiger partial charge on any atom is 0.0577 e. The highest BCUT2D eigenvalue weighted by atomic mass is 16.3. The van der Waals surface area contributed by atoms with Crippen LogP contribution in [0.1, 0.15) is 115 Å². The van der Waals surface area contributed by atoms with Crippen molar-refractivity contribution in [2.24, 2.45) is 52.2 Å². The van der Waals surface area contributed by atoms with E-state index in [1.165, 1.54) is 31.3 Å². The molecule has 2 unspecified atom stereocenters. The second-order valence-corrected chi connectivity index (χ2v) is 11.8. The number of hydrogen-bond acceptors (Lipinski definition) is 1. The molecule has 0 aromatic carbocycles. The van der Waals surface area contributed by atoms with Gasteiger partial charge in [0, 0.05) is 9.60 Å². The van der Waals surface area contributed by atoms with Crippen LogP contribution in [0.4, 0.5) is 0 Å². The molecule has 0 amide bonds. The maximum absolute atomic E-state index is 10.3. The van der Waals surface area contributed by atoms with Crippen molar-refractivity contribution in [2.45, 2.75) is 112 Å². The van der Waals surface area contributed by atoms with Gasteiger partial charge < -0.3 is 5.11 Å². The minimum absolute atomic E-state index is 0.174. The van der Waals surface area contributed by atoms with E-state index in [9.17, 15) is 5.11 Å². The van der Waals surface area contributed by atoms with Gasteiger partial charge in [0.2, 0.25) is 0 Å². The highest BCUT2D eigenvalue weighted by Gasteiger charge is 2.59. The van der Waals surface area contributed by atoms with Gasteiger partial charge in [-0.1, -0.05) is 65.9 Å². The lowest BCUT2D eigenvalue weighted by Gasteiger charge is -2.58. The molecule has 0 aliphatic heterocycles. The Morgan fingerprint density at radius 2 is 1.90 bits per heavy atom. The fraction of sp³-hybridized carbons (Fsp3) is 0.929. The summed E-state index contributed by atoms with van der Waals surface area (Å²) in [7, 11) is 0. The van der Waals surface area contributed by atoms with Crippen LogP contribution in [0, 0.1) is 52.2 Å². The minimum Gasteiger partial charge on any atom is -0.393 e. The van der Waals surface area contributed by atoms with E-state index in [0.717, 1.165) is 32.1 Å². The molecule has 29 heavy (non-hydrogen) atoms. The smallest absolute Gasteiger partial charge is 0.0577 e. The third kappa shape index (κ3) is 3.66. The number of aliphatic hydroxyl groups excluding tert-OH is 1. The van der Waals surface area contributed by atoms with Gasteiger partial charge in [0.05, 0.1) is 6.10 Å². The summed E-state index contributed by atoms with van der Waals surface area (Å²) in [6, 6.07) is 0. The molecule has 3 saturated carbocycles. The Kier molecular flexibility index (Phi) is 4.05. The Morgan fingerprint density at radius 3 is 2.66 bits per heavy atom. The minimum atomic E-state index is -2.84. The van der Waals surface area contributed by atoms with Crippen molar-refractivity contribution in [3.63, 3.8) is 0 Å². The van der Waals surface area contributed by atoms with Crippen LogP contribution in [0.3, 0.4) is 0 Å². The van der Waals surface area contributed by atoms with Crippen molar-refractivity contribution in [1.29, 1.82) is 0 Å². The molecular formula is C28H48O. The van der Waals surface area contributed by atoms with Crippen LogP contribution in [0.15, 0.2) is 11.6 Å². The highest BCUT2D eigenvalue weighted by Crippen LogP contribution is 2.67. The van der Waals surface area contributed by atoms with E-state index >= 15 is 0 Å². The van der Waals surface area contributed by atoms with Crippen LogP contribution >= 0.6 is 0 Å². The molecule has 0 spiro atoms. The largest absolute Gasteiger partial charge is 0.393 e. The molecule has 1 heteroatoms. The Hall–Kier alpha value is -0.300. The van der Waals surface area contributed by atoms with Gasteiger partial charge in [-0.05, 0) is 104 Å². The second kappa shape index (κ2) is 7.99. The Labute approximate surface area is 191 Å². The molecule has 1 N–H and O–H groups in total. The Balaban J connectivity index is 1.46. The predicted octanol–water partition coefficient (Wildman–Crippen LogP) is 7.63. The summed E-state index contributed by atoms with van der Waals surface area (Å²) in [6.45, 7) is 3.19. The third-order valence-corrected chi connectivity index (χ3v) is 10.4. The molecule has 9 atom stereocenters. The lowest BCUT2D eigenvalue weighted by atomic mass is 9.47. The average Bonchev–Trinajstić information content (AvgIpc) is 3.12. The van der Waals surface area contributed by atoms with Crippen LogP contribution in [0.2, 0.25) is 0 Å². The highest BCUT2D eigenvalue weighted by molar-refractivity contribution is 5.25. The second-order valence-electron chi connectivity index (χ2n) is 11.8. The van der Waals surface area contributed by atoms with Crippen molar-refractivity contribution >= 4 is 0 Å².